The van der Waals surface area contributed by atoms with E-state index in [1.165, 1.54) is 17.8 Å². The fourth-order valence-electron chi connectivity index (χ4n) is 2.56. The molecule has 0 unspecified atom stereocenters. The van der Waals surface area contributed by atoms with E-state index in [1.54, 1.807) is 23.1 Å². The van der Waals surface area contributed by atoms with E-state index in [2.05, 4.69) is 0 Å². The Morgan fingerprint density at radius 2 is 1.88 bits per heavy atom. The van der Waals surface area contributed by atoms with Crippen molar-refractivity contribution in [3.8, 4) is 0 Å². The fourth-order valence-corrected chi connectivity index (χ4v) is 3.86. The average molecular weight is 372 g/mol. The number of alkyl halides is 3. The third-order valence-electron chi connectivity index (χ3n) is 3.73. The predicted molar refractivity (Wildman–Crippen MR) is 88.6 cm³/mol. The second-order valence-electron chi connectivity index (χ2n) is 5.43. The molecule has 0 aromatic heterocycles. The van der Waals surface area contributed by atoms with Crippen molar-refractivity contribution in [2.24, 2.45) is 0 Å². The molecule has 7 heteroatoms. The number of amides is 1. The lowest BCUT2D eigenvalue weighted by Crippen LogP contribution is -2.27. The Labute approximate surface area is 146 Å². The summed E-state index contributed by atoms with van der Waals surface area (Å²) in [4.78, 5) is 13.8. The largest absolute Gasteiger partial charge is 0.416 e. The van der Waals surface area contributed by atoms with Crippen molar-refractivity contribution in [1.82, 2.24) is 4.90 Å². The summed E-state index contributed by atoms with van der Waals surface area (Å²) in [5, 5.41) is 0.172. The van der Waals surface area contributed by atoms with Gasteiger partial charge in [-0.05, 0) is 35.4 Å². The van der Waals surface area contributed by atoms with Gasteiger partial charge in [0.25, 0.3) is 0 Å². The maximum atomic E-state index is 12.9. The van der Waals surface area contributed by atoms with Crippen LogP contribution in [-0.4, -0.2) is 16.6 Å². The number of carbonyl (C=O) groups excluding carboxylic acids is 1. The summed E-state index contributed by atoms with van der Waals surface area (Å²) < 4.78 is 38.7. The summed E-state index contributed by atoms with van der Waals surface area (Å²) in [6.07, 6.45) is -4.40. The first-order chi connectivity index (χ1) is 11.3. The van der Waals surface area contributed by atoms with E-state index in [0.717, 1.165) is 17.7 Å². The molecule has 2 aromatic carbocycles. The normalized spacial score (nSPS) is 18.2. The molecule has 0 N–H and O–H groups in total. The number of benzene rings is 2. The molecule has 1 amide bonds. The molecule has 2 nitrogen and oxygen atoms in total. The van der Waals surface area contributed by atoms with Crippen molar-refractivity contribution in [3.63, 3.8) is 0 Å². The lowest BCUT2D eigenvalue weighted by atomic mass is 10.1. The van der Waals surface area contributed by atoms with Crippen molar-refractivity contribution >= 4 is 29.3 Å². The van der Waals surface area contributed by atoms with Crippen molar-refractivity contribution < 1.29 is 18.0 Å². The molecule has 1 fully saturated rings. The van der Waals surface area contributed by atoms with E-state index < -0.39 is 17.1 Å². The van der Waals surface area contributed by atoms with Gasteiger partial charge in [0.15, 0.2) is 0 Å². The molecule has 1 aliphatic rings. The van der Waals surface area contributed by atoms with Crippen LogP contribution in [0.15, 0.2) is 48.5 Å². The first kappa shape index (κ1) is 17.2. The van der Waals surface area contributed by atoms with E-state index in [-0.39, 0.29) is 11.7 Å². The van der Waals surface area contributed by atoms with Gasteiger partial charge in [0.1, 0.15) is 5.37 Å². The summed E-state index contributed by atoms with van der Waals surface area (Å²) >= 11 is 7.19. The summed E-state index contributed by atoms with van der Waals surface area (Å²) in [6.45, 7) is 0.337. The predicted octanol–water partition coefficient (Wildman–Crippen LogP) is 5.13. The molecule has 0 bridgehead atoms. The van der Waals surface area contributed by atoms with Crippen LogP contribution >= 0.6 is 23.4 Å². The topological polar surface area (TPSA) is 20.3 Å². The van der Waals surface area contributed by atoms with Crippen LogP contribution < -0.4 is 0 Å². The highest BCUT2D eigenvalue weighted by atomic mass is 35.5. The van der Waals surface area contributed by atoms with E-state index in [9.17, 15) is 18.0 Å². The molecule has 0 aliphatic carbocycles. The zero-order valence-electron chi connectivity index (χ0n) is 12.4. The molecule has 1 heterocycles. The quantitative estimate of drug-likeness (QED) is 0.745. The smallest absolute Gasteiger partial charge is 0.322 e. The molecular formula is C17H13ClF3NOS. The highest BCUT2D eigenvalue weighted by molar-refractivity contribution is 8.00. The van der Waals surface area contributed by atoms with Crippen LogP contribution in [0, 0.1) is 0 Å². The fraction of sp³-hybridized carbons (Fsp3) is 0.235. The molecule has 1 atom stereocenters. The Bertz CT molecular complexity index is 748. The number of halogens is 4. The Balaban J connectivity index is 1.86. The maximum Gasteiger partial charge on any atom is 0.416 e. The van der Waals surface area contributed by atoms with Crippen LogP contribution in [0.4, 0.5) is 13.2 Å². The van der Waals surface area contributed by atoms with Gasteiger partial charge in [0.05, 0.1) is 11.3 Å². The molecule has 24 heavy (non-hydrogen) atoms. The molecule has 126 valence electrons. The molecular weight excluding hydrogens is 359 g/mol. The lowest BCUT2D eigenvalue weighted by molar-refractivity contribution is -0.137. The average Bonchev–Trinajstić information content (AvgIpc) is 2.90. The number of thioether (sulfide) groups is 1. The Kier molecular flexibility index (Phi) is 4.78. The van der Waals surface area contributed by atoms with Crippen LogP contribution in [0.3, 0.4) is 0 Å². The zero-order valence-corrected chi connectivity index (χ0v) is 14.0. The van der Waals surface area contributed by atoms with Crippen molar-refractivity contribution in [2.45, 2.75) is 18.1 Å². The molecule has 0 spiro atoms. The van der Waals surface area contributed by atoms with Gasteiger partial charge in [0, 0.05) is 11.6 Å². The van der Waals surface area contributed by atoms with E-state index in [1.807, 2.05) is 12.1 Å². The van der Waals surface area contributed by atoms with Crippen molar-refractivity contribution in [3.05, 3.63) is 70.2 Å². The summed E-state index contributed by atoms with van der Waals surface area (Å²) in [6, 6.07) is 12.2. The number of hydrogen-bond donors (Lipinski definition) is 0. The third-order valence-corrected chi connectivity index (χ3v) is 5.24. The third kappa shape index (κ3) is 3.70. The Hall–Kier alpha value is -1.66. The number of hydrogen-bond acceptors (Lipinski definition) is 2. The van der Waals surface area contributed by atoms with Crippen LogP contribution in [0.2, 0.25) is 5.02 Å². The standard InChI is InChI=1S/C17H13ClF3NOS/c18-14-6-4-11(5-7-14)9-22-15(23)10-24-16(22)12-2-1-3-13(8-12)17(19,20)21/h1-8,16H,9-10H2/t16-/m0/s1. The molecule has 2 aromatic rings. The molecule has 0 radical (unpaired) electrons. The Morgan fingerprint density at radius 1 is 1.17 bits per heavy atom. The van der Waals surface area contributed by atoms with Gasteiger partial charge in [-0.1, -0.05) is 35.9 Å². The number of carbonyl (C=O) groups is 1. The van der Waals surface area contributed by atoms with Crippen LogP contribution in [-0.2, 0) is 17.5 Å². The second kappa shape index (κ2) is 6.69. The minimum atomic E-state index is -4.40. The van der Waals surface area contributed by atoms with Gasteiger partial charge in [-0.25, -0.2) is 0 Å². The highest BCUT2D eigenvalue weighted by Gasteiger charge is 2.35. The number of rotatable bonds is 3. The van der Waals surface area contributed by atoms with Crippen LogP contribution in [0.5, 0.6) is 0 Å². The van der Waals surface area contributed by atoms with Gasteiger partial charge in [-0.2, -0.15) is 13.2 Å². The highest BCUT2D eigenvalue weighted by Crippen LogP contribution is 2.41. The van der Waals surface area contributed by atoms with Gasteiger partial charge >= 0.3 is 6.18 Å². The lowest BCUT2D eigenvalue weighted by Gasteiger charge is -2.25. The summed E-state index contributed by atoms with van der Waals surface area (Å²) in [5.41, 5.74) is 0.660. The van der Waals surface area contributed by atoms with Crippen molar-refractivity contribution in [2.75, 3.05) is 5.75 Å². The van der Waals surface area contributed by atoms with Crippen LogP contribution in [0.25, 0.3) is 0 Å². The first-order valence-electron chi connectivity index (χ1n) is 7.17. The SMILES string of the molecule is O=C1CS[C@@H](c2cccc(C(F)(F)F)c2)N1Cc1ccc(Cl)cc1. The van der Waals surface area contributed by atoms with E-state index >= 15 is 0 Å². The summed E-state index contributed by atoms with van der Waals surface area (Å²) in [5.74, 6) is 0.173. The minimum absolute atomic E-state index is 0.0858. The molecule has 1 aliphatic heterocycles. The maximum absolute atomic E-state index is 12.9. The summed E-state index contributed by atoms with van der Waals surface area (Å²) in [7, 11) is 0. The monoisotopic (exact) mass is 371 g/mol. The van der Waals surface area contributed by atoms with E-state index in [0.29, 0.717) is 17.1 Å². The molecule has 0 saturated carbocycles. The van der Waals surface area contributed by atoms with Gasteiger partial charge < -0.3 is 4.90 Å². The second-order valence-corrected chi connectivity index (χ2v) is 6.94. The zero-order chi connectivity index (χ0) is 17.3. The minimum Gasteiger partial charge on any atom is -0.322 e. The molecule has 3 rings (SSSR count). The van der Waals surface area contributed by atoms with E-state index in [4.69, 9.17) is 11.6 Å². The van der Waals surface area contributed by atoms with Crippen LogP contribution in [0.1, 0.15) is 22.1 Å². The number of nitrogens with zero attached hydrogens (tertiary/aromatic N) is 1. The van der Waals surface area contributed by atoms with Gasteiger partial charge in [-0.15, -0.1) is 11.8 Å². The van der Waals surface area contributed by atoms with Gasteiger partial charge in [-0.3, -0.25) is 4.79 Å². The first-order valence-corrected chi connectivity index (χ1v) is 8.60. The Morgan fingerprint density at radius 3 is 2.54 bits per heavy atom. The molecule has 1 saturated heterocycles. The van der Waals surface area contributed by atoms with Crippen molar-refractivity contribution in [1.29, 1.82) is 0 Å². The van der Waals surface area contributed by atoms with Gasteiger partial charge in [0.2, 0.25) is 5.91 Å².